The molecule has 8 heteroatoms. The van der Waals surface area contributed by atoms with Crippen molar-refractivity contribution in [2.24, 2.45) is 0 Å². The third kappa shape index (κ3) is 7.87. The lowest BCUT2D eigenvalue weighted by Crippen LogP contribution is -2.52. The number of carbonyl (C=O) groups is 2. The predicted octanol–water partition coefficient (Wildman–Crippen LogP) is 3.79. The molecular formula is C26H37N3O4S. The minimum atomic E-state index is -3.72. The Labute approximate surface area is 204 Å². The zero-order valence-corrected chi connectivity index (χ0v) is 21.7. The van der Waals surface area contributed by atoms with E-state index in [1.165, 1.54) is 4.90 Å². The molecule has 2 aromatic rings. The number of sulfonamides is 1. The molecule has 2 amide bonds. The molecule has 0 aliphatic heterocycles. The van der Waals surface area contributed by atoms with Crippen LogP contribution in [0.15, 0.2) is 48.5 Å². The molecule has 0 radical (unpaired) electrons. The van der Waals surface area contributed by atoms with Crippen molar-refractivity contribution in [1.29, 1.82) is 0 Å². The smallest absolute Gasteiger partial charge is 0.244 e. The molecule has 186 valence electrons. The van der Waals surface area contributed by atoms with Gasteiger partial charge in [-0.25, -0.2) is 8.42 Å². The molecule has 0 aliphatic rings. The van der Waals surface area contributed by atoms with E-state index < -0.39 is 22.0 Å². The molecule has 7 nitrogen and oxygen atoms in total. The zero-order chi connectivity index (χ0) is 25.3. The molecule has 0 aromatic heterocycles. The summed E-state index contributed by atoms with van der Waals surface area (Å²) >= 11 is 0. The van der Waals surface area contributed by atoms with Gasteiger partial charge >= 0.3 is 0 Å². The van der Waals surface area contributed by atoms with Gasteiger partial charge in [0.15, 0.2) is 0 Å². The van der Waals surface area contributed by atoms with Crippen LogP contribution in [-0.2, 0) is 26.2 Å². The van der Waals surface area contributed by atoms with Crippen molar-refractivity contribution in [2.75, 3.05) is 23.7 Å². The van der Waals surface area contributed by atoms with Gasteiger partial charge in [0.1, 0.15) is 12.6 Å². The van der Waals surface area contributed by atoms with Gasteiger partial charge in [-0.05, 0) is 44.4 Å². The van der Waals surface area contributed by atoms with Gasteiger partial charge in [-0.2, -0.15) is 0 Å². The molecule has 2 rings (SSSR count). The SMILES string of the molecule is CCCCNC(=O)[C@H](CC)N(Cc1ccc(C)cc1)C(=O)CN(c1ccc(C)cc1)S(C)(=O)=O. The molecule has 1 atom stereocenters. The van der Waals surface area contributed by atoms with Crippen LogP contribution >= 0.6 is 0 Å². The standard InChI is InChI=1S/C26H37N3O4S/c1-6-8-17-27-26(31)24(7-2)28(18-22-13-9-20(3)10-14-22)25(30)19-29(34(5,32)33)23-15-11-21(4)12-16-23/h9-16,24H,6-8,17-19H2,1-5H3,(H,27,31)/t24-/m0/s1. The monoisotopic (exact) mass is 487 g/mol. The van der Waals surface area contributed by atoms with Crippen LogP contribution in [0.3, 0.4) is 0 Å². The van der Waals surface area contributed by atoms with E-state index in [0.29, 0.717) is 18.7 Å². The van der Waals surface area contributed by atoms with E-state index in [9.17, 15) is 18.0 Å². The molecule has 34 heavy (non-hydrogen) atoms. The Morgan fingerprint density at radius 1 is 0.941 bits per heavy atom. The highest BCUT2D eigenvalue weighted by Crippen LogP contribution is 2.20. The lowest BCUT2D eigenvalue weighted by Gasteiger charge is -2.33. The lowest BCUT2D eigenvalue weighted by atomic mass is 10.1. The fourth-order valence-corrected chi connectivity index (χ4v) is 4.49. The minimum Gasteiger partial charge on any atom is -0.354 e. The van der Waals surface area contributed by atoms with Crippen molar-refractivity contribution in [2.45, 2.75) is 59.5 Å². The lowest BCUT2D eigenvalue weighted by molar-refractivity contribution is -0.140. The second kappa shape index (κ2) is 12.6. The van der Waals surface area contributed by atoms with E-state index in [1.54, 1.807) is 24.3 Å². The van der Waals surface area contributed by atoms with Crippen molar-refractivity contribution < 1.29 is 18.0 Å². The quantitative estimate of drug-likeness (QED) is 0.462. The molecular weight excluding hydrogens is 450 g/mol. The fraction of sp³-hybridized carbons (Fsp3) is 0.462. The number of nitrogens with one attached hydrogen (secondary N) is 1. The van der Waals surface area contributed by atoms with Gasteiger partial charge in [0.25, 0.3) is 0 Å². The van der Waals surface area contributed by atoms with Crippen LogP contribution < -0.4 is 9.62 Å². The summed E-state index contributed by atoms with van der Waals surface area (Å²) in [5.41, 5.74) is 3.37. The van der Waals surface area contributed by atoms with Crippen molar-refractivity contribution >= 4 is 27.5 Å². The largest absolute Gasteiger partial charge is 0.354 e. The van der Waals surface area contributed by atoms with Crippen LogP contribution in [0, 0.1) is 13.8 Å². The topological polar surface area (TPSA) is 86.8 Å². The first kappa shape index (κ1) is 27.4. The fourth-order valence-electron chi connectivity index (χ4n) is 3.64. The molecule has 0 spiro atoms. The summed E-state index contributed by atoms with van der Waals surface area (Å²) in [7, 11) is -3.72. The Balaban J connectivity index is 2.37. The number of amides is 2. The van der Waals surface area contributed by atoms with Crippen molar-refractivity contribution in [3.05, 3.63) is 65.2 Å². The molecule has 0 unspecified atom stereocenters. The number of benzene rings is 2. The second-order valence-electron chi connectivity index (χ2n) is 8.68. The summed E-state index contributed by atoms with van der Waals surface area (Å²) in [5, 5.41) is 2.92. The second-order valence-corrected chi connectivity index (χ2v) is 10.6. The maximum atomic E-state index is 13.6. The summed E-state index contributed by atoms with van der Waals surface area (Å²) in [4.78, 5) is 28.1. The first-order valence-corrected chi connectivity index (χ1v) is 13.6. The van der Waals surface area contributed by atoms with Gasteiger partial charge in [-0.1, -0.05) is 67.8 Å². The predicted molar refractivity (Wildman–Crippen MR) is 137 cm³/mol. The van der Waals surface area contributed by atoms with Crippen LogP contribution in [-0.4, -0.2) is 50.5 Å². The van der Waals surface area contributed by atoms with Crippen LogP contribution in [0.4, 0.5) is 5.69 Å². The molecule has 0 heterocycles. The Hall–Kier alpha value is -2.87. The first-order chi connectivity index (χ1) is 16.1. The number of aryl methyl sites for hydroxylation is 2. The van der Waals surface area contributed by atoms with Crippen LogP contribution in [0.1, 0.15) is 49.8 Å². The van der Waals surface area contributed by atoms with Gasteiger partial charge in [0, 0.05) is 13.1 Å². The van der Waals surface area contributed by atoms with Crippen LogP contribution in [0.5, 0.6) is 0 Å². The molecule has 2 aromatic carbocycles. The Kier molecular flexibility index (Phi) is 10.1. The van der Waals surface area contributed by atoms with Gasteiger partial charge < -0.3 is 10.2 Å². The molecule has 0 aliphatic carbocycles. The van der Waals surface area contributed by atoms with E-state index >= 15 is 0 Å². The van der Waals surface area contributed by atoms with Crippen LogP contribution in [0.2, 0.25) is 0 Å². The third-order valence-electron chi connectivity index (χ3n) is 5.69. The van der Waals surface area contributed by atoms with E-state index in [4.69, 9.17) is 0 Å². The molecule has 0 saturated heterocycles. The summed E-state index contributed by atoms with van der Waals surface area (Å²) in [6, 6.07) is 14.0. The van der Waals surface area contributed by atoms with Gasteiger partial charge in [-0.15, -0.1) is 0 Å². The van der Waals surface area contributed by atoms with Gasteiger partial charge in [0.2, 0.25) is 21.8 Å². The molecule has 1 N–H and O–H groups in total. The Bertz CT molecular complexity index is 1050. The summed E-state index contributed by atoms with van der Waals surface area (Å²) in [5.74, 6) is -0.651. The highest BCUT2D eigenvalue weighted by Gasteiger charge is 2.31. The van der Waals surface area contributed by atoms with Gasteiger partial charge in [-0.3, -0.25) is 13.9 Å². The van der Waals surface area contributed by atoms with E-state index in [1.807, 2.05) is 52.0 Å². The number of hydrogen-bond donors (Lipinski definition) is 1. The van der Waals surface area contributed by atoms with E-state index in [2.05, 4.69) is 5.32 Å². The Morgan fingerprint density at radius 3 is 2.00 bits per heavy atom. The number of rotatable bonds is 12. The number of unbranched alkanes of at least 4 members (excludes halogenated alkanes) is 1. The normalized spacial score (nSPS) is 12.1. The highest BCUT2D eigenvalue weighted by atomic mass is 32.2. The first-order valence-electron chi connectivity index (χ1n) is 11.7. The maximum absolute atomic E-state index is 13.6. The third-order valence-corrected chi connectivity index (χ3v) is 6.83. The number of anilines is 1. The van der Waals surface area contributed by atoms with Crippen LogP contribution in [0.25, 0.3) is 0 Å². The van der Waals surface area contributed by atoms with E-state index in [-0.39, 0.29) is 19.0 Å². The maximum Gasteiger partial charge on any atom is 0.244 e. The van der Waals surface area contributed by atoms with Crippen molar-refractivity contribution in [3.63, 3.8) is 0 Å². The molecule has 0 bridgehead atoms. The summed E-state index contributed by atoms with van der Waals surface area (Å²) in [6.07, 6.45) is 3.30. The number of nitrogens with zero attached hydrogens (tertiary/aromatic N) is 2. The molecule has 0 fully saturated rings. The minimum absolute atomic E-state index is 0.213. The summed E-state index contributed by atoms with van der Waals surface area (Å²) < 4.78 is 26.3. The number of carbonyl (C=O) groups excluding carboxylic acids is 2. The average Bonchev–Trinajstić information content (AvgIpc) is 2.78. The molecule has 0 saturated carbocycles. The summed E-state index contributed by atoms with van der Waals surface area (Å²) in [6.45, 7) is 8.16. The van der Waals surface area contributed by atoms with Crippen molar-refractivity contribution in [1.82, 2.24) is 10.2 Å². The number of hydrogen-bond acceptors (Lipinski definition) is 4. The highest BCUT2D eigenvalue weighted by molar-refractivity contribution is 7.92. The average molecular weight is 488 g/mol. The van der Waals surface area contributed by atoms with Gasteiger partial charge in [0.05, 0.1) is 11.9 Å². The van der Waals surface area contributed by atoms with Crippen molar-refractivity contribution in [3.8, 4) is 0 Å². The van der Waals surface area contributed by atoms with E-state index in [0.717, 1.165) is 40.1 Å². The Morgan fingerprint density at radius 2 is 1.50 bits per heavy atom. The zero-order valence-electron chi connectivity index (χ0n) is 20.9.